The molecular formula is C20H25N5O2. The van der Waals surface area contributed by atoms with E-state index in [4.69, 9.17) is 9.47 Å². The highest BCUT2D eigenvalue weighted by Crippen LogP contribution is 2.27. The van der Waals surface area contributed by atoms with Crippen molar-refractivity contribution >= 4 is 11.6 Å². The maximum Gasteiger partial charge on any atom is 0.191 e. The second-order valence-corrected chi connectivity index (χ2v) is 6.10. The fraction of sp³-hybridized carbons (Fsp3) is 0.300. The first kappa shape index (κ1) is 18.6. The quantitative estimate of drug-likeness (QED) is 0.517. The molecule has 0 fully saturated rings. The van der Waals surface area contributed by atoms with Gasteiger partial charge in [0.25, 0.3) is 0 Å². The van der Waals surface area contributed by atoms with Crippen molar-refractivity contribution in [2.75, 3.05) is 21.3 Å². The molecule has 0 saturated heterocycles. The van der Waals surface area contributed by atoms with Gasteiger partial charge in [-0.05, 0) is 36.8 Å². The van der Waals surface area contributed by atoms with E-state index in [-0.39, 0.29) is 0 Å². The van der Waals surface area contributed by atoms with Gasteiger partial charge in [-0.3, -0.25) is 4.99 Å². The van der Waals surface area contributed by atoms with E-state index in [0.29, 0.717) is 30.5 Å². The zero-order chi connectivity index (χ0) is 19.2. The zero-order valence-electron chi connectivity index (χ0n) is 16.1. The van der Waals surface area contributed by atoms with E-state index in [2.05, 4.69) is 38.0 Å². The fourth-order valence-corrected chi connectivity index (χ4v) is 2.86. The number of aryl methyl sites for hydroxylation is 1. The van der Waals surface area contributed by atoms with Crippen LogP contribution in [0.15, 0.2) is 47.6 Å². The highest BCUT2D eigenvalue weighted by Gasteiger charge is 2.07. The lowest BCUT2D eigenvalue weighted by Crippen LogP contribution is -2.36. The first-order valence-corrected chi connectivity index (χ1v) is 8.73. The van der Waals surface area contributed by atoms with Crippen molar-refractivity contribution in [2.45, 2.75) is 20.0 Å². The summed E-state index contributed by atoms with van der Waals surface area (Å²) in [6, 6.07) is 11.9. The number of aromatic nitrogens is 2. The summed E-state index contributed by atoms with van der Waals surface area (Å²) in [4.78, 5) is 8.90. The highest BCUT2D eigenvalue weighted by atomic mass is 16.5. The van der Waals surface area contributed by atoms with Crippen LogP contribution in [0.1, 0.15) is 17.0 Å². The Bertz CT molecular complexity index is 949. The predicted octanol–water partition coefficient (Wildman–Crippen LogP) is 2.53. The molecule has 7 nitrogen and oxygen atoms in total. The maximum absolute atomic E-state index is 5.34. The summed E-state index contributed by atoms with van der Waals surface area (Å²) in [7, 11) is 5.01. The molecule has 0 radical (unpaired) electrons. The van der Waals surface area contributed by atoms with Crippen LogP contribution in [0.5, 0.6) is 11.5 Å². The van der Waals surface area contributed by atoms with E-state index in [1.165, 1.54) is 0 Å². The lowest BCUT2D eigenvalue weighted by molar-refractivity contribution is 0.354. The number of benzene rings is 1. The minimum atomic E-state index is 0.590. The van der Waals surface area contributed by atoms with Crippen LogP contribution in [0.25, 0.3) is 5.65 Å². The highest BCUT2D eigenvalue weighted by molar-refractivity contribution is 5.79. The van der Waals surface area contributed by atoms with Gasteiger partial charge in [-0.1, -0.05) is 12.1 Å². The third-order valence-corrected chi connectivity index (χ3v) is 4.31. The molecule has 7 heteroatoms. The molecule has 1 aromatic carbocycles. The van der Waals surface area contributed by atoms with Gasteiger partial charge in [0.05, 0.1) is 26.5 Å². The minimum absolute atomic E-state index is 0.590. The number of fused-ring (bicyclic) bond motifs is 1. The summed E-state index contributed by atoms with van der Waals surface area (Å²) in [6.45, 7) is 3.27. The van der Waals surface area contributed by atoms with Crippen LogP contribution in [0.4, 0.5) is 0 Å². The molecule has 0 aliphatic carbocycles. The van der Waals surface area contributed by atoms with Gasteiger partial charge in [0.1, 0.15) is 5.65 Å². The summed E-state index contributed by atoms with van der Waals surface area (Å²) in [5, 5.41) is 6.59. The van der Waals surface area contributed by atoms with Gasteiger partial charge < -0.3 is 24.5 Å². The zero-order valence-corrected chi connectivity index (χ0v) is 16.1. The maximum atomic E-state index is 5.34. The molecule has 2 N–H and O–H groups in total. The van der Waals surface area contributed by atoms with Crippen LogP contribution >= 0.6 is 0 Å². The Morgan fingerprint density at radius 1 is 1.07 bits per heavy atom. The Morgan fingerprint density at radius 2 is 1.85 bits per heavy atom. The Hall–Kier alpha value is -3.22. The molecule has 0 aliphatic rings. The van der Waals surface area contributed by atoms with Crippen molar-refractivity contribution in [2.24, 2.45) is 4.99 Å². The van der Waals surface area contributed by atoms with Crippen LogP contribution in [-0.4, -0.2) is 36.6 Å². The third kappa shape index (κ3) is 4.31. The summed E-state index contributed by atoms with van der Waals surface area (Å²) in [5.74, 6) is 2.13. The molecule has 27 heavy (non-hydrogen) atoms. The first-order valence-electron chi connectivity index (χ1n) is 8.73. The number of ether oxygens (including phenoxy) is 2. The van der Waals surface area contributed by atoms with E-state index in [1.807, 2.05) is 36.5 Å². The molecule has 0 amide bonds. The third-order valence-electron chi connectivity index (χ3n) is 4.31. The number of pyridine rings is 1. The second kappa shape index (κ2) is 8.44. The lowest BCUT2D eigenvalue weighted by Gasteiger charge is -2.13. The van der Waals surface area contributed by atoms with Crippen LogP contribution in [0, 0.1) is 6.92 Å². The molecule has 3 rings (SSSR count). The van der Waals surface area contributed by atoms with Crippen molar-refractivity contribution in [3.8, 4) is 11.5 Å². The van der Waals surface area contributed by atoms with E-state index in [9.17, 15) is 0 Å². The van der Waals surface area contributed by atoms with Gasteiger partial charge in [0.15, 0.2) is 17.5 Å². The Morgan fingerprint density at radius 3 is 2.56 bits per heavy atom. The van der Waals surface area contributed by atoms with Gasteiger partial charge in [-0.15, -0.1) is 0 Å². The van der Waals surface area contributed by atoms with Crippen molar-refractivity contribution in [1.29, 1.82) is 0 Å². The van der Waals surface area contributed by atoms with Gasteiger partial charge >= 0.3 is 0 Å². The van der Waals surface area contributed by atoms with Crippen molar-refractivity contribution in [3.63, 3.8) is 0 Å². The fourth-order valence-electron chi connectivity index (χ4n) is 2.86. The van der Waals surface area contributed by atoms with Crippen molar-refractivity contribution < 1.29 is 9.47 Å². The average Bonchev–Trinajstić information content (AvgIpc) is 3.12. The number of hydrogen-bond acceptors (Lipinski definition) is 4. The van der Waals surface area contributed by atoms with Crippen LogP contribution in [0.3, 0.4) is 0 Å². The monoisotopic (exact) mass is 367 g/mol. The summed E-state index contributed by atoms with van der Waals surface area (Å²) in [5.41, 5.74) is 4.12. The molecule has 0 atom stereocenters. The van der Waals surface area contributed by atoms with Crippen LogP contribution in [-0.2, 0) is 13.1 Å². The normalized spacial score (nSPS) is 11.5. The number of aliphatic imine (C=N–C) groups is 1. The van der Waals surface area contributed by atoms with Gasteiger partial charge in [-0.2, -0.15) is 0 Å². The van der Waals surface area contributed by atoms with E-state index >= 15 is 0 Å². The number of methoxy groups -OCH3 is 2. The van der Waals surface area contributed by atoms with Crippen molar-refractivity contribution in [3.05, 3.63) is 59.5 Å². The number of hydrogen-bond donors (Lipinski definition) is 2. The van der Waals surface area contributed by atoms with Crippen LogP contribution < -0.4 is 20.1 Å². The number of nitrogens with zero attached hydrogens (tertiary/aromatic N) is 3. The van der Waals surface area contributed by atoms with Gasteiger partial charge in [-0.25, -0.2) is 4.98 Å². The van der Waals surface area contributed by atoms with Gasteiger partial charge in [0, 0.05) is 25.5 Å². The van der Waals surface area contributed by atoms with Crippen molar-refractivity contribution in [1.82, 2.24) is 20.0 Å². The number of rotatable bonds is 6. The standard InChI is InChI=1S/C20H25N5O2/c1-14-6-5-7-19-24-16(13-25(14)19)12-23-20(21-2)22-11-15-8-9-17(26-3)18(10-15)27-4/h5-10,13H,11-12H2,1-4H3,(H2,21,22,23). The van der Waals surface area contributed by atoms with Crippen LogP contribution in [0.2, 0.25) is 0 Å². The molecule has 2 aromatic heterocycles. The number of imidazole rings is 1. The first-order chi connectivity index (χ1) is 13.1. The Kier molecular flexibility index (Phi) is 5.80. The molecule has 0 unspecified atom stereocenters. The largest absolute Gasteiger partial charge is 0.493 e. The summed E-state index contributed by atoms with van der Waals surface area (Å²) < 4.78 is 12.7. The average molecular weight is 367 g/mol. The second-order valence-electron chi connectivity index (χ2n) is 6.10. The summed E-state index contributed by atoms with van der Waals surface area (Å²) in [6.07, 6.45) is 2.04. The van der Waals surface area contributed by atoms with Gasteiger partial charge in [0.2, 0.25) is 0 Å². The van der Waals surface area contributed by atoms with E-state index < -0.39 is 0 Å². The predicted molar refractivity (Wildman–Crippen MR) is 107 cm³/mol. The molecule has 3 aromatic rings. The Balaban J connectivity index is 1.60. The van der Waals surface area contributed by atoms with E-state index in [1.54, 1.807) is 21.3 Å². The SMILES string of the molecule is CN=C(NCc1ccc(OC)c(OC)c1)NCc1cn2c(C)cccc2n1. The lowest BCUT2D eigenvalue weighted by atomic mass is 10.2. The summed E-state index contributed by atoms with van der Waals surface area (Å²) >= 11 is 0. The molecule has 0 bridgehead atoms. The molecule has 0 aliphatic heterocycles. The van der Waals surface area contributed by atoms with E-state index in [0.717, 1.165) is 22.6 Å². The number of nitrogens with one attached hydrogen (secondary N) is 2. The molecule has 2 heterocycles. The topological polar surface area (TPSA) is 72.2 Å². The molecule has 0 spiro atoms. The smallest absolute Gasteiger partial charge is 0.191 e. The molecule has 142 valence electrons. The Labute approximate surface area is 159 Å². The molecule has 0 saturated carbocycles. The minimum Gasteiger partial charge on any atom is -0.493 e. The molecular weight excluding hydrogens is 342 g/mol. The number of guanidine groups is 1.